The summed E-state index contributed by atoms with van der Waals surface area (Å²) in [7, 11) is 0. The van der Waals surface area contributed by atoms with Gasteiger partial charge in [0, 0.05) is 18.4 Å². The molecule has 152 valence electrons. The summed E-state index contributed by atoms with van der Waals surface area (Å²) >= 11 is 1.66. The molecule has 1 aromatic heterocycles. The quantitative estimate of drug-likeness (QED) is 0.617. The third kappa shape index (κ3) is 3.54. The van der Waals surface area contributed by atoms with Crippen LogP contribution in [0.2, 0.25) is 0 Å². The summed E-state index contributed by atoms with van der Waals surface area (Å²) in [4.78, 5) is 25.0. The van der Waals surface area contributed by atoms with Crippen LogP contribution in [-0.2, 0) is 16.0 Å². The van der Waals surface area contributed by atoms with Gasteiger partial charge in [0.05, 0.1) is 6.04 Å². The van der Waals surface area contributed by atoms with Crippen LogP contribution in [0.1, 0.15) is 48.4 Å². The second-order valence-electron chi connectivity index (χ2n) is 8.31. The molecule has 2 heterocycles. The van der Waals surface area contributed by atoms with Gasteiger partial charge in [0.1, 0.15) is 0 Å². The van der Waals surface area contributed by atoms with Gasteiger partial charge in [0.15, 0.2) is 0 Å². The van der Waals surface area contributed by atoms with Crippen LogP contribution in [-0.4, -0.2) is 17.4 Å². The lowest BCUT2D eigenvalue weighted by molar-refractivity contribution is -0.123. The summed E-state index contributed by atoms with van der Waals surface area (Å²) in [5, 5.41) is 10.6. The molecule has 0 spiro atoms. The number of carbonyl (C=O) groups excluding carboxylic acids is 2. The minimum Gasteiger partial charge on any atom is -0.350 e. The van der Waals surface area contributed by atoms with E-state index in [0.717, 1.165) is 24.0 Å². The van der Waals surface area contributed by atoms with Crippen molar-refractivity contribution in [3.8, 4) is 11.1 Å². The maximum absolute atomic E-state index is 13.0. The predicted octanol–water partition coefficient (Wildman–Crippen LogP) is 4.61. The molecule has 2 N–H and O–H groups in total. The average Bonchev–Trinajstić information content (AvgIpc) is 3.47. The fourth-order valence-corrected chi connectivity index (χ4v) is 5.53. The first-order chi connectivity index (χ1) is 14.6. The fraction of sp³-hybridized carbons (Fsp3) is 0.280. The summed E-state index contributed by atoms with van der Waals surface area (Å²) < 4.78 is 0. The summed E-state index contributed by atoms with van der Waals surface area (Å²) in [6.45, 7) is 0. The van der Waals surface area contributed by atoms with Crippen LogP contribution in [0.4, 0.5) is 0 Å². The Hall–Kier alpha value is -2.92. The average molecular weight is 417 g/mol. The molecule has 3 aromatic rings. The van der Waals surface area contributed by atoms with Crippen molar-refractivity contribution in [1.29, 1.82) is 0 Å². The molecule has 1 saturated heterocycles. The Labute approximate surface area is 180 Å². The van der Waals surface area contributed by atoms with Crippen LogP contribution in [0, 0.1) is 0 Å². The minimum absolute atomic E-state index is 0.0253. The number of rotatable bonds is 6. The van der Waals surface area contributed by atoms with Crippen LogP contribution in [0.5, 0.6) is 0 Å². The summed E-state index contributed by atoms with van der Waals surface area (Å²) in [6, 6.07) is 18.5. The number of fused-ring (bicyclic) bond motifs is 3. The van der Waals surface area contributed by atoms with Crippen molar-refractivity contribution in [1.82, 2.24) is 10.6 Å². The van der Waals surface area contributed by atoms with Crippen molar-refractivity contribution in [2.24, 2.45) is 0 Å². The highest BCUT2D eigenvalue weighted by atomic mass is 32.1. The van der Waals surface area contributed by atoms with Crippen molar-refractivity contribution in [3.05, 3.63) is 82.0 Å². The van der Waals surface area contributed by atoms with Crippen molar-refractivity contribution in [2.75, 3.05) is 0 Å². The van der Waals surface area contributed by atoms with Gasteiger partial charge in [-0.3, -0.25) is 9.59 Å². The zero-order chi connectivity index (χ0) is 20.6. The van der Waals surface area contributed by atoms with Gasteiger partial charge in [-0.15, -0.1) is 0 Å². The van der Waals surface area contributed by atoms with E-state index in [1.54, 1.807) is 11.3 Å². The van der Waals surface area contributed by atoms with E-state index in [1.165, 1.54) is 16.7 Å². The highest BCUT2D eigenvalue weighted by Crippen LogP contribution is 2.43. The third-order valence-corrected chi connectivity index (χ3v) is 7.06. The molecule has 30 heavy (non-hydrogen) atoms. The van der Waals surface area contributed by atoms with Crippen LogP contribution < -0.4 is 10.6 Å². The van der Waals surface area contributed by atoms with E-state index < -0.39 is 0 Å². The number of hydrogen-bond acceptors (Lipinski definition) is 3. The predicted molar refractivity (Wildman–Crippen MR) is 119 cm³/mol. The van der Waals surface area contributed by atoms with Crippen molar-refractivity contribution >= 4 is 23.2 Å². The Kier molecular flexibility index (Phi) is 4.91. The molecule has 5 heteroatoms. The molecule has 2 aliphatic rings. The Balaban J connectivity index is 1.31. The van der Waals surface area contributed by atoms with E-state index in [2.05, 4.69) is 51.7 Å². The molecule has 2 amide bonds. The monoisotopic (exact) mass is 416 g/mol. The van der Waals surface area contributed by atoms with Crippen molar-refractivity contribution in [2.45, 2.75) is 43.7 Å². The first-order valence-corrected chi connectivity index (χ1v) is 11.4. The molecule has 1 unspecified atom stereocenters. The van der Waals surface area contributed by atoms with Gasteiger partial charge in [-0.05, 0) is 63.9 Å². The van der Waals surface area contributed by atoms with Crippen molar-refractivity contribution in [3.63, 3.8) is 0 Å². The number of amides is 2. The molecule has 1 atom stereocenters. The third-order valence-electron chi connectivity index (χ3n) is 6.33. The van der Waals surface area contributed by atoms with Gasteiger partial charge in [0.2, 0.25) is 11.8 Å². The van der Waals surface area contributed by atoms with Gasteiger partial charge in [-0.1, -0.05) is 48.5 Å². The van der Waals surface area contributed by atoms with Gasteiger partial charge < -0.3 is 10.6 Å². The molecular weight excluding hydrogens is 392 g/mol. The summed E-state index contributed by atoms with van der Waals surface area (Å²) in [5.41, 5.74) is 5.58. The SMILES string of the molecule is O=C(CCC1(Cc2ccsc2)CCC(=O)N1)NC1c2ccccc2-c2ccccc21. The summed E-state index contributed by atoms with van der Waals surface area (Å²) in [5.74, 6) is 0.113. The van der Waals surface area contributed by atoms with E-state index in [0.29, 0.717) is 19.3 Å². The van der Waals surface area contributed by atoms with E-state index in [9.17, 15) is 9.59 Å². The topological polar surface area (TPSA) is 58.2 Å². The van der Waals surface area contributed by atoms with Gasteiger partial charge >= 0.3 is 0 Å². The van der Waals surface area contributed by atoms with E-state index in [4.69, 9.17) is 0 Å². The zero-order valence-electron chi connectivity index (χ0n) is 16.7. The molecule has 5 rings (SSSR count). The largest absolute Gasteiger partial charge is 0.350 e. The minimum atomic E-state index is -0.318. The van der Waals surface area contributed by atoms with E-state index >= 15 is 0 Å². The number of carbonyl (C=O) groups is 2. The molecule has 4 nitrogen and oxygen atoms in total. The standard InChI is InChI=1S/C25H24N2O2S/c28-22(9-12-25(13-10-23(29)27-25)15-17-11-14-30-16-17)26-24-20-7-3-1-5-18(20)19-6-2-4-8-21(19)24/h1-8,11,14,16,24H,9-10,12-13,15H2,(H,26,28)(H,27,29). The molecule has 1 aliphatic heterocycles. The first-order valence-electron chi connectivity index (χ1n) is 10.4. The van der Waals surface area contributed by atoms with Crippen LogP contribution in [0.25, 0.3) is 11.1 Å². The Bertz CT molecular complexity index is 1050. The lowest BCUT2D eigenvalue weighted by atomic mass is 9.85. The van der Waals surface area contributed by atoms with Gasteiger partial charge in [-0.2, -0.15) is 11.3 Å². The maximum Gasteiger partial charge on any atom is 0.220 e. The molecule has 0 radical (unpaired) electrons. The zero-order valence-corrected chi connectivity index (χ0v) is 17.5. The van der Waals surface area contributed by atoms with E-state index in [1.807, 2.05) is 24.3 Å². The second-order valence-corrected chi connectivity index (χ2v) is 9.09. The Morgan fingerprint density at radius 1 is 1.07 bits per heavy atom. The van der Waals surface area contributed by atoms with Crippen LogP contribution >= 0.6 is 11.3 Å². The lowest BCUT2D eigenvalue weighted by Gasteiger charge is -2.29. The van der Waals surface area contributed by atoms with Gasteiger partial charge in [0.25, 0.3) is 0 Å². The maximum atomic E-state index is 13.0. The van der Waals surface area contributed by atoms with Crippen LogP contribution in [0.15, 0.2) is 65.4 Å². The van der Waals surface area contributed by atoms with Crippen molar-refractivity contribution < 1.29 is 9.59 Å². The Morgan fingerprint density at radius 2 is 1.77 bits per heavy atom. The fourth-order valence-electron chi connectivity index (χ4n) is 4.86. The molecular formula is C25H24N2O2S. The first kappa shape index (κ1) is 19.1. The Morgan fingerprint density at radius 3 is 2.37 bits per heavy atom. The van der Waals surface area contributed by atoms with E-state index in [-0.39, 0.29) is 23.4 Å². The van der Waals surface area contributed by atoms with Crippen LogP contribution in [0.3, 0.4) is 0 Å². The number of nitrogens with one attached hydrogen (secondary N) is 2. The second kappa shape index (κ2) is 7.73. The molecule has 2 aromatic carbocycles. The summed E-state index contributed by atoms with van der Waals surface area (Å²) in [6.07, 6.45) is 3.14. The molecule has 1 aliphatic carbocycles. The smallest absolute Gasteiger partial charge is 0.220 e. The van der Waals surface area contributed by atoms with Gasteiger partial charge in [-0.25, -0.2) is 0 Å². The highest BCUT2D eigenvalue weighted by Gasteiger charge is 2.38. The number of hydrogen-bond donors (Lipinski definition) is 2. The number of thiophene rings is 1. The number of benzene rings is 2. The lowest BCUT2D eigenvalue weighted by Crippen LogP contribution is -2.44. The molecule has 1 fully saturated rings. The normalized spacial score (nSPS) is 19.9. The molecule has 0 bridgehead atoms. The highest BCUT2D eigenvalue weighted by molar-refractivity contribution is 7.07. The molecule has 0 saturated carbocycles.